The van der Waals surface area contributed by atoms with Gasteiger partial charge in [-0.3, -0.25) is 0 Å². The molecule has 3 nitrogen and oxygen atoms in total. The summed E-state index contributed by atoms with van der Waals surface area (Å²) in [5.41, 5.74) is 0.954. The van der Waals surface area contributed by atoms with Gasteiger partial charge in [-0.05, 0) is 37.9 Å². The lowest BCUT2D eigenvalue weighted by molar-refractivity contribution is 0.386. The SMILES string of the molecule is CCC1CCN(c2ccc(OC)c(F)c2)CCCN1. The van der Waals surface area contributed by atoms with E-state index >= 15 is 0 Å². The Morgan fingerprint density at radius 2 is 2.26 bits per heavy atom. The second-order valence-corrected chi connectivity index (χ2v) is 5.01. The number of hydrogen-bond donors (Lipinski definition) is 1. The van der Waals surface area contributed by atoms with Gasteiger partial charge in [-0.15, -0.1) is 0 Å². The molecule has 1 heterocycles. The van der Waals surface area contributed by atoms with Gasteiger partial charge in [0.2, 0.25) is 0 Å². The number of halogens is 1. The van der Waals surface area contributed by atoms with Crippen molar-refractivity contribution in [1.29, 1.82) is 0 Å². The Morgan fingerprint density at radius 3 is 2.95 bits per heavy atom. The molecule has 1 aromatic carbocycles. The molecule has 1 unspecified atom stereocenters. The van der Waals surface area contributed by atoms with Crippen LogP contribution in [0, 0.1) is 5.82 Å². The number of benzene rings is 1. The molecule has 4 heteroatoms. The van der Waals surface area contributed by atoms with E-state index in [0.29, 0.717) is 11.8 Å². The number of rotatable bonds is 3. The van der Waals surface area contributed by atoms with Crippen molar-refractivity contribution < 1.29 is 9.13 Å². The number of anilines is 1. The highest BCUT2D eigenvalue weighted by Gasteiger charge is 2.15. The van der Waals surface area contributed by atoms with Gasteiger partial charge in [-0.1, -0.05) is 6.92 Å². The summed E-state index contributed by atoms with van der Waals surface area (Å²) in [5.74, 6) is 0.0242. The Balaban J connectivity index is 2.08. The Bertz CT molecular complexity index is 411. The molecule has 2 rings (SSSR count). The molecule has 0 aromatic heterocycles. The normalized spacial score (nSPS) is 20.8. The summed E-state index contributed by atoms with van der Waals surface area (Å²) in [5, 5.41) is 3.55. The average molecular weight is 266 g/mol. The molecule has 1 fully saturated rings. The molecular weight excluding hydrogens is 243 g/mol. The summed E-state index contributed by atoms with van der Waals surface area (Å²) in [6.45, 7) is 5.18. The first-order valence-corrected chi connectivity index (χ1v) is 7.06. The predicted molar refractivity (Wildman–Crippen MR) is 76.5 cm³/mol. The quantitative estimate of drug-likeness (QED) is 0.910. The average Bonchev–Trinajstić information content (AvgIpc) is 2.39. The number of nitrogens with one attached hydrogen (secondary N) is 1. The molecule has 0 spiro atoms. The number of nitrogens with zero attached hydrogens (tertiary/aromatic N) is 1. The first-order chi connectivity index (χ1) is 9.24. The van der Waals surface area contributed by atoms with E-state index in [1.54, 1.807) is 12.1 Å². The lowest BCUT2D eigenvalue weighted by atomic mass is 10.1. The standard InChI is InChI=1S/C15H23FN2O/c1-3-12-7-10-18(9-4-8-17-12)13-5-6-15(19-2)14(16)11-13/h5-6,11-12,17H,3-4,7-10H2,1-2H3. The maximum Gasteiger partial charge on any atom is 0.167 e. The predicted octanol–water partition coefficient (Wildman–Crippen LogP) is 2.80. The summed E-state index contributed by atoms with van der Waals surface area (Å²) < 4.78 is 18.7. The van der Waals surface area contributed by atoms with E-state index in [0.717, 1.165) is 44.6 Å². The van der Waals surface area contributed by atoms with Crippen LogP contribution >= 0.6 is 0 Å². The van der Waals surface area contributed by atoms with Gasteiger partial charge in [0, 0.05) is 30.9 Å². The summed E-state index contributed by atoms with van der Waals surface area (Å²) in [4.78, 5) is 2.27. The van der Waals surface area contributed by atoms with E-state index in [4.69, 9.17) is 4.74 Å². The Morgan fingerprint density at radius 1 is 1.42 bits per heavy atom. The van der Waals surface area contributed by atoms with E-state index in [-0.39, 0.29) is 5.82 Å². The molecule has 1 N–H and O–H groups in total. The maximum absolute atomic E-state index is 13.8. The van der Waals surface area contributed by atoms with Crippen molar-refractivity contribution in [3.8, 4) is 5.75 Å². The molecule has 0 radical (unpaired) electrons. The van der Waals surface area contributed by atoms with Crippen molar-refractivity contribution >= 4 is 5.69 Å². The van der Waals surface area contributed by atoms with Crippen molar-refractivity contribution in [3.05, 3.63) is 24.0 Å². The van der Waals surface area contributed by atoms with Crippen LogP contribution in [0.25, 0.3) is 0 Å². The van der Waals surface area contributed by atoms with Gasteiger partial charge >= 0.3 is 0 Å². The summed E-state index contributed by atoms with van der Waals surface area (Å²) in [6, 6.07) is 5.80. The van der Waals surface area contributed by atoms with Gasteiger partial charge in [-0.25, -0.2) is 4.39 Å². The van der Waals surface area contributed by atoms with Gasteiger partial charge in [0.1, 0.15) is 0 Å². The minimum atomic E-state index is -0.285. The van der Waals surface area contributed by atoms with E-state index in [2.05, 4.69) is 17.1 Å². The Hall–Kier alpha value is -1.29. The third-order valence-corrected chi connectivity index (χ3v) is 3.78. The maximum atomic E-state index is 13.8. The molecule has 106 valence electrons. The Labute approximate surface area is 114 Å². The molecule has 0 bridgehead atoms. The molecule has 0 aliphatic carbocycles. The largest absolute Gasteiger partial charge is 0.494 e. The fraction of sp³-hybridized carbons (Fsp3) is 0.600. The number of ether oxygens (including phenoxy) is 1. The lowest BCUT2D eigenvalue weighted by Crippen LogP contribution is -2.39. The van der Waals surface area contributed by atoms with E-state index in [1.807, 2.05) is 6.07 Å². The zero-order chi connectivity index (χ0) is 13.7. The van der Waals surface area contributed by atoms with Crippen molar-refractivity contribution in [2.45, 2.75) is 32.2 Å². The van der Waals surface area contributed by atoms with Crippen LogP contribution in [0.1, 0.15) is 26.2 Å². The van der Waals surface area contributed by atoms with Crippen LogP contribution in [-0.2, 0) is 0 Å². The van der Waals surface area contributed by atoms with E-state index in [9.17, 15) is 4.39 Å². The third kappa shape index (κ3) is 3.60. The molecule has 1 saturated heterocycles. The minimum Gasteiger partial charge on any atom is -0.494 e. The highest BCUT2D eigenvalue weighted by molar-refractivity contribution is 5.49. The fourth-order valence-corrected chi connectivity index (χ4v) is 2.56. The summed E-state index contributed by atoms with van der Waals surface area (Å²) >= 11 is 0. The van der Waals surface area contributed by atoms with Crippen LogP contribution in [0.5, 0.6) is 5.75 Å². The zero-order valence-electron chi connectivity index (χ0n) is 11.8. The molecule has 1 aliphatic rings. The second-order valence-electron chi connectivity index (χ2n) is 5.01. The molecule has 1 aliphatic heterocycles. The smallest absolute Gasteiger partial charge is 0.167 e. The highest BCUT2D eigenvalue weighted by atomic mass is 19.1. The van der Waals surface area contributed by atoms with Crippen LogP contribution < -0.4 is 15.0 Å². The van der Waals surface area contributed by atoms with E-state index in [1.165, 1.54) is 7.11 Å². The molecule has 0 saturated carbocycles. The molecule has 0 amide bonds. The van der Waals surface area contributed by atoms with Crippen molar-refractivity contribution in [1.82, 2.24) is 5.32 Å². The minimum absolute atomic E-state index is 0.285. The third-order valence-electron chi connectivity index (χ3n) is 3.78. The van der Waals surface area contributed by atoms with Gasteiger partial charge in [0.05, 0.1) is 7.11 Å². The molecule has 1 atom stereocenters. The first kappa shape index (κ1) is 14.1. The van der Waals surface area contributed by atoms with Gasteiger partial charge < -0.3 is 15.0 Å². The van der Waals surface area contributed by atoms with Crippen LogP contribution in [-0.4, -0.2) is 32.8 Å². The second kappa shape index (κ2) is 6.75. The lowest BCUT2D eigenvalue weighted by Gasteiger charge is -2.30. The first-order valence-electron chi connectivity index (χ1n) is 7.06. The molecule has 19 heavy (non-hydrogen) atoms. The topological polar surface area (TPSA) is 24.5 Å². The van der Waals surface area contributed by atoms with Crippen molar-refractivity contribution in [3.63, 3.8) is 0 Å². The fourth-order valence-electron chi connectivity index (χ4n) is 2.56. The monoisotopic (exact) mass is 266 g/mol. The molecule has 1 aromatic rings. The van der Waals surface area contributed by atoms with Crippen LogP contribution in [0.15, 0.2) is 18.2 Å². The highest BCUT2D eigenvalue weighted by Crippen LogP contribution is 2.24. The van der Waals surface area contributed by atoms with E-state index < -0.39 is 0 Å². The van der Waals surface area contributed by atoms with Crippen molar-refractivity contribution in [2.24, 2.45) is 0 Å². The van der Waals surface area contributed by atoms with Gasteiger partial charge in [-0.2, -0.15) is 0 Å². The Kier molecular flexibility index (Phi) is 5.02. The zero-order valence-corrected chi connectivity index (χ0v) is 11.8. The number of hydrogen-bond acceptors (Lipinski definition) is 3. The van der Waals surface area contributed by atoms with Crippen LogP contribution in [0.2, 0.25) is 0 Å². The van der Waals surface area contributed by atoms with Gasteiger partial charge in [0.15, 0.2) is 11.6 Å². The summed E-state index contributed by atoms with van der Waals surface area (Å²) in [6.07, 6.45) is 3.33. The van der Waals surface area contributed by atoms with Crippen molar-refractivity contribution in [2.75, 3.05) is 31.6 Å². The number of methoxy groups -OCH3 is 1. The van der Waals surface area contributed by atoms with Crippen LogP contribution in [0.4, 0.5) is 10.1 Å². The van der Waals surface area contributed by atoms with Crippen LogP contribution in [0.3, 0.4) is 0 Å². The van der Waals surface area contributed by atoms with Gasteiger partial charge in [0.25, 0.3) is 0 Å². The summed E-state index contributed by atoms with van der Waals surface area (Å²) in [7, 11) is 1.49. The molecular formula is C15H23FN2O.